The first-order chi connectivity index (χ1) is 11.4. The number of aromatic nitrogens is 2. The summed E-state index contributed by atoms with van der Waals surface area (Å²) < 4.78 is 78.8. The van der Waals surface area contributed by atoms with E-state index in [-0.39, 0.29) is 26.0 Å². The molecule has 25 heavy (non-hydrogen) atoms. The molecule has 0 radical (unpaired) electrons. The summed E-state index contributed by atoms with van der Waals surface area (Å²) in [6.07, 6.45) is -10.1. The lowest BCUT2D eigenvalue weighted by atomic mass is 10.1. The molecule has 0 fully saturated rings. The Hall–Kier alpha value is -1.62. The summed E-state index contributed by atoms with van der Waals surface area (Å²) >= 11 is 6.10. The highest BCUT2D eigenvalue weighted by atomic mass is 79.9. The van der Waals surface area contributed by atoms with Crippen molar-refractivity contribution in [1.29, 1.82) is 0 Å². The lowest BCUT2D eigenvalue weighted by Gasteiger charge is -2.15. The van der Waals surface area contributed by atoms with Crippen molar-refractivity contribution in [1.82, 2.24) is 9.97 Å². The molecule has 0 saturated heterocycles. The number of alkyl halides is 6. The third-order valence-corrected chi connectivity index (χ3v) is 4.54. The predicted octanol–water partition coefficient (Wildman–Crippen LogP) is 6.05. The van der Waals surface area contributed by atoms with Crippen LogP contribution in [0, 0.1) is 0 Å². The van der Waals surface area contributed by atoms with Crippen LogP contribution in [0.5, 0.6) is 5.75 Å². The van der Waals surface area contributed by atoms with E-state index in [9.17, 15) is 31.4 Å². The summed E-state index contributed by atoms with van der Waals surface area (Å²) in [7, 11) is 0. The highest BCUT2D eigenvalue weighted by Crippen LogP contribution is 2.41. The van der Waals surface area contributed by atoms with Gasteiger partial charge in [-0.1, -0.05) is 0 Å². The van der Waals surface area contributed by atoms with E-state index in [2.05, 4.69) is 41.8 Å². The minimum atomic E-state index is -5.06. The van der Waals surface area contributed by atoms with Crippen LogP contribution in [0.25, 0.3) is 22.1 Å². The molecule has 3 rings (SSSR count). The Balaban J connectivity index is 2.52. The second kappa shape index (κ2) is 5.70. The molecule has 1 aromatic heterocycles. The SMILES string of the molecule is Oc1c(Br)cc(Br)c2nc3c(C(F)(F)F)cc(C(F)(F)F)cc3nc12. The molecular formula is C14H4Br2F6N2O. The summed E-state index contributed by atoms with van der Waals surface area (Å²) in [5.74, 6) is -0.446. The maximum Gasteiger partial charge on any atom is 0.418 e. The Morgan fingerprint density at radius 2 is 1.40 bits per heavy atom. The fourth-order valence-corrected chi connectivity index (χ4v) is 3.46. The van der Waals surface area contributed by atoms with E-state index < -0.39 is 40.3 Å². The van der Waals surface area contributed by atoms with Gasteiger partial charge < -0.3 is 5.11 Å². The van der Waals surface area contributed by atoms with Crippen LogP contribution in [0.3, 0.4) is 0 Å². The number of phenols is 1. The molecular weight excluding hydrogens is 486 g/mol. The third kappa shape index (κ3) is 3.14. The summed E-state index contributed by atoms with van der Waals surface area (Å²) in [5.41, 5.74) is -4.78. The van der Waals surface area contributed by atoms with Crippen molar-refractivity contribution < 1.29 is 31.4 Å². The number of hydrogen-bond acceptors (Lipinski definition) is 3. The van der Waals surface area contributed by atoms with Gasteiger partial charge in [-0.3, -0.25) is 0 Å². The summed E-state index contributed by atoms with van der Waals surface area (Å²) in [5, 5.41) is 9.99. The lowest BCUT2D eigenvalue weighted by Crippen LogP contribution is -2.12. The van der Waals surface area contributed by atoms with Crippen LogP contribution in [0.4, 0.5) is 26.3 Å². The number of hydrogen-bond donors (Lipinski definition) is 1. The molecule has 0 spiro atoms. The van der Waals surface area contributed by atoms with Gasteiger partial charge in [0, 0.05) is 4.47 Å². The van der Waals surface area contributed by atoms with Crippen molar-refractivity contribution >= 4 is 53.9 Å². The number of aromatic hydroxyl groups is 1. The van der Waals surface area contributed by atoms with E-state index in [1.54, 1.807) is 0 Å². The second-order valence-corrected chi connectivity index (χ2v) is 6.71. The summed E-state index contributed by atoms with van der Waals surface area (Å²) in [4.78, 5) is 7.57. The van der Waals surface area contributed by atoms with Crippen molar-refractivity contribution in [2.45, 2.75) is 12.4 Å². The molecule has 0 aliphatic heterocycles. The van der Waals surface area contributed by atoms with E-state index in [0.717, 1.165) is 0 Å². The Labute approximate surface area is 151 Å². The number of fused-ring (bicyclic) bond motifs is 2. The average Bonchev–Trinajstić information content (AvgIpc) is 2.48. The maximum absolute atomic E-state index is 13.2. The predicted molar refractivity (Wildman–Crippen MR) is 84.1 cm³/mol. The molecule has 0 unspecified atom stereocenters. The number of nitrogens with zero attached hydrogens (tertiary/aromatic N) is 2. The van der Waals surface area contributed by atoms with Crippen LogP contribution in [0.1, 0.15) is 11.1 Å². The maximum atomic E-state index is 13.2. The van der Waals surface area contributed by atoms with Crippen LogP contribution in [0.2, 0.25) is 0 Å². The number of benzene rings is 2. The first kappa shape index (κ1) is 18.2. The zero-order chi connectivity index (χ0) is 18.7. The van der Waals surface area contributed by atoms with Crippen LogP contribution in [-0.4, -0.2) is 15.1 Å². The largest absolute Gasteiger partial charge is 0.504 e. The minimum Gasteiger partial charge on any atom is -0.504 e. The van der Waals surface area contributed by atoms with Crippen molar-refractivity contribution in [3.8, 4) is 5.75 Å². The highest BCUT2D eigenvalue weighted by Gasteiger charge is 2.39. The number of halogens is 8. The fraction of sp³-hybridized carbons (Fsp3) is 0.143. The van der Waals surface area contributed by atoms with E-state index >= 15 is 0 Å². The zero-order valence-corrected chi connectivity index (χ0v) is 14.8. The molecule has 3 nitrogen and oxygen atoms in total. The molecule has 0 aliphatic rings. The second-order valence-electron chi connectivity index (χ2n) is 5.00. The molecule has 0 aliphatic carbocycles. The van der Waals surface area contributed by atoms with Gasteiger partial charge in [-0.15, -0.1) is 0 Å². The molecule has 0 atom stereocenters. The monoisotopic (exact) mass is 488 g/mol. The fourth-order valence-electron chi connectivity index (χ4n) is 2.23. The van der Waals surface area contributed by atoms with Crippen molar-refractivity contribution in [2.24, 2.45) is 0 Å². The molecule has 0 amide bonds. The number of phenolic OH excluding ortho intramolecular Hbond substituents is 1. The summed E-state index contributed by atoms with van der Waals surface area (Å²) in [6.45, 7) is 0. The van der Waals surface area contributed by atoms with Gasteiger partial charge in [-0.05, 0) is 50.1 Å². The van der Waals surface area contributed by atoms with Gasteiger partial charge in [0.05, 0.1) is 21.1 Å². The van der Waals surface area contributed by atoms with Gasteiger partial charge in [0.2, 0.25) is 0 Å². The minimum absolute atomic E-state index is 0.00450. The molecule has 1 N–H and O–H groups in total. The van der Waals surface area contributed by atoms with Gasteiger partial charge in [-0.25, -0.2) is 9.97 Å². The van der Waals surface area contributed by atoms with Gasteiger partial charge in [0.15, 0.2) is 5.75 Å². The zero-order valence-electron chi connectivity index (χ0n) is 11.6. The van der Waals surface area contributed by atoms with Crippen molar-refractivity contribution in [3.63, 3.8) is 0 Å². The molecule has 1 heterocycles. The molecule has 11 heteroatoms. The standard InChI is InChI=1S/C14H4Br2F6N2O/c15-6-3-7(16)12(25)11-10(6)24-9-5(14(20,21)22)1-4(13(17,18)19)2-8(9)23-11/h1-3,25H. The first-order valence-electron chi connectivity index (χ1n) is 6.36. The Bertz CT molecular complexity index is 1020. The van der Waals surface area contributed by atoms with E-state index in [4.69, 9.17) is 0 Å². The van der Waals surface area contributed by atoms with Gasteiger partial charge in [0.1, 0.15) is 16.6 Å². The highest BCUT2D eigenvalue weighted by molar-refractivity contribution is 9.11. The van der Waals surface area contributed by atoms with Crippen LogP contribution < -0.4 is 0 Å². The molecule has 0 saturated carbocycles. The average molecular weight is 490 g/mol. The van der Waals surface area contributed by atoms with E-state index in [1.165, 1.54) is 6.07 Å². The Kier molecular flexibility index (Phi) is 4.14. The first-order valence-corrected chi connectivity index (χ1v) is 7.95. The van der Waals surface area contributed by atoms with Gasteiger partial charge in [0.25, 0.3) is 0 Å². The van der Waals surface area contributed by atoms with Crippen molar-refractivity contribution in [3.05, 3.63) is 38.3 Å². The quantitative estimate of drug-likeness (QED) is 0.309. The topological polar surface area (TPSA) is 46.0 Å². The smallest absolute Gasteiger partial charge is 0.418 e. The van der Waals surface area contributed by atoms with E-state index in [0.29, 0.717) is 6.07 Å². The van der Waals surface area contributed by atoms with Crippen LogP contribution >= 0.6 is 31.9 Å². The van der Waals surface area contributed by atoms with Gasteiger partial charge in [-0.2, -0.15) is 26.3 Å². The number of rotatable bonds is 0. The lowest BCUT2D eigenvalue weighted by molar-refractivity contribution is -0.142. The Morgan fingerprint density at radius 1 is 0.760 bits per heavy atom. The van der Waals surface area contributed by atoms with Crippen molar-refractivity contribution in [2.75, 3.05) is 0 Å². The molecule has 132 valence electrons. The van der Waals surface area contributed by atoms with Crippen LogP contribution in [-0.2, 0) is 12.4 Å². The molecule has 0 bridgehead atoms. The van der Waals surface area contributed by atoms with Crippen LogP contribution in [0.15, 0.2) is 27.1 Å². The van der Waals surface area contributed by atoms with E-state index in [1.807, 2.05) is 0 Å². The molecule has 3 aromatic rings. The molecule has 2 aromatic carbocycles. The summed E-state index contributed by atoms with van der Waals surface area (Å²) in [6, 6.07) is 1.80. The Morgan fingerprint density at radius 3 is 1.96 bits per heavy atom. The third-order valence-electron chi connectivity index (χ3n) is 3.33. The van der Waals surface area contributed by atoms with Gasteiger partial charge >= 0.3 is 12.4 Å². The normalized spacial score (nSPS) is 13.0.